The van der Waals surface area contributed by atoms with Gasteiger partial charge in [-0.25, -0.2) is 0 Å². The molecule has 1 rings (SSSR count). The maximum absolute atomic E-state index is 8.69. The quantitative estimate of drug-likeness (QED) is 0.542. The smallest absolute Gasteiger partial charge is 0.0577 e. The van der Waals surface area contributed by atoms with Gasteiger partial charge in [0.25, 0.3) is 0 Å². The number of hydrogen-bond donors (Lipinski definition) is 2. The summed E-state index contributed by atoms with van der Waals surface area (Å²) in [6, 6.07) is 0. The van der Waals surface area contributed by atoms with Gasteiger partial charge in [0.1, 0.15) is 0 Å². The second-order valence-corrected chi connectivity index (χ2v) is 5.71. The molecule has 0 aromatic rings. The minimum Gasteiger partial charge on any atom is -0.396 e. The first-order chi connectivity index (χ1) is 9.86. The Morgan fingerprint density at radius 3 is 1.35 bits per heavy atom. The lowest BCUT2D eigenvalue weighted by atomic mass is 9.95. The van der Waals surface area contributed by atoms with Gasteiger partial charge in [0.15, 0.2) is 0 Å². The zero-order valence-electron chi connectivity index (χ0n) is 12.8. The van der Waals surface area contributed by atoms with E-state index in [2.05, 4.69) is 0 Å². The van der Waals surface area contributed by atoms with Crippen molar-refractivity contribution in [2.45, 2.75) is 76.4 Å². The van der Waals surface area contributed by atoms with Crippen LogP contribution in [-0.2, 0) is 9.47 Å². The monoisotopic (exact) mass is 288 g/mol. The third kappa shape index (κ3) is 8.90. The lowest BCUT2D eigenvalue weighted by Crippen LogP contribution is -2.27. The zero-order chi connectivity index (χ0) is 14.5. The first-order valence-corrected chi connectivity index (χ1v) is 8.31. The standard InChI is InChI=1S/C16H32O4/c17-11-3-1-5-13-19-15-7-9-16(10-8-15)20-14-6-2-4-12-18/h15-18H,1-14H2. The first-order valence-electron chi connectivity index (χ1n) is 8.31. The van der Waals surface area contributed by atoms with E-state index in [-0.39, 0.29) is 0 Å². The van der Waals surface area contributed by atoms with Crippen molar-refractivity contribution in [3.8, 4) is 0 Å². The molecule has 1 aliphatic rings. The summed E-state index contributed by atoms with van der Waals surface area (Å²) in [5.41, 5.74) is 0. The van der Waals surface area contributed by atoms with Gasteiger partial charge >= 0.3 is 0 Å². The van der Waals surface area contributed by atoms with Crippen LogP contribution >= 0.6 is 0 Å². The largest absolute Gasteiger partial charge is 0.396 e. The molecule has 4 heteroatoms. The number of unbranched alkanes of at least 4 members (excludes halogenated alkanes) is 4. The van der Waals surface area contributed by atoms with Gasteiger partial charge in [-0.3, -0.25) is 0 Å². The predicted octanol–water partition coefficient (Wildman–Crippen LogP) is 2.66. The molecule has 20 heavy (non-hydrogen) atoms. The molecule has 0 aliphatic heterocycles. The second-order valence-electron chi connectivity index (χ2n) is 5.71. The normalized spacial score (nSPS) is 23.1. The molecule has 0 spiro atoms. The van der Waals surface area contributed by atoms with E-state index in [1.807, 2.05) is 0 Å². The van der Waals surface area contributed by atoms with E-state index >= 15 is 0 Å². The van der Waals surface area contributed by atoms with E-state index < -0.39 is 0 Å². The average molecular weight is 288 g/mol. The van der Waals surface area contributed by atoms with Gasteiger partial charge in [-0.1, -0.05) is 0 Å². The fourth-order valence-electron chi connectivity index (χ4n) is 2.65. The van der Waals surface area contributed by atoms with Crippen LogP contribution in [0.2, 0.25) is 0 Å². The van der Waals surface area contributed by atoms with E-state index in [4.69, 9.17) is 19.7 Å². The molecule has 0 aromatic heterocycles. The number of hydrogen-bond acceptors (Lipinski definition) is 4. The Bertz CT molecular complexity index is 181. The van der Waals surface area contributed by atoms with Crippen molar-refractivity contribution in [3.05, 3.63) is 0 Å². The molecule has 4 nitrogen and oxygen atoms in total. The third-order valence-corrected chi connectivity index (χ3v) is 3.93. The lowest BCUT2D eigenvalue weighted by Gasteiger charge is -2.28. The van der Waals surface area contributed by atoms with E-state index in [1.54, 1.807) is 0 Å². The summed E-state index contributed by atoms with van der Waals surface area (Å²) in [5, 5.41) is 17.4. The Hall–Kier alpha value is -0.160. The van der Waals surface area contributed by atoms with Crippen LogP contribution in [0.1, 0.15) is 64.2 Å². The summed E-state index contributed by atoms with van der Waals surface area (Å²) in [6.45, 7) is 2.25. The van der Waals surface area contributed by atoms with Crippen LogP contribution in [0.4, 0.5) is 0 Å². The molecule has 0 bridgehead atoms. The Labute approximate surface area is 123 Å². The van der Waals surface area contributed by atoms with Crippen molar-refractivity contribution >= 4 is 0 Å². The maximum Gasteiger partial charge on any atom is 0.0577 e. The van der Waals surface area contributed by atoms with Crippen LogP contribution in [-0.4, -0.2) is 48.8 Å². The van der Waals surface area contributed by atoms with Gasteiger partial charge in [0.2, 0.25) is 0 Å². The zero-order valence-corrected chi connectivity index (χ0v) is 12.8. The van der Waals surface area contributed by atoms with Crippen molar-refractivity contribution in [2.24, 2.45) is 0 Å². The maximum atomic E-state index is 8.69. The summed E-state index contributed by atoms with van der Waals surface area (Å²) in [5.74, 6) is 0. The summed E-state index contributed by atoms with van der Waals surface area (Å²) in [7, 11) is 0. The summed E-state index contributed by atoms with van der Waals surface area (Å²) in [6.07, 6.45) is 11.3. The highest BCUT2D eigenvalue weighted by molar-refractivity contribution is 4.73. The van der Waals surface area contributed by atoms with Crippen LogP contribution in [0.15, 0.2) is 0 Å². The summed E-state index contributed by atoms with van der Waals surface area (Å²) >= 11 is 0. The van der Waals surface area contributed by atoms with Gasteiger partial charge in [-0.2, -0.15) is 0 Å². The summed E-state index contributed by atoms with van der Waals surface area (Å²) in [4.78, 5) is 0. The number of aliphatic hydroxyl groups is 2. The molecule has 0 saturated heterocycles. The SMILES string of the molecule is OCCCCCOC1CCC(OCCCCCO)CC1. The molecule has 2 N–H and O–H groups in total. The Balaban J connectivity index is 1.91. The van der Waals surface area contributed by atoms with Crippen molar-refractivity contribution in [3.63, 3.8) is 0 Å². The van der Waals surface area contributed by atoms with Crippen molar-refractivity contribution < 1.29 is 19.7 Å². The second kappa shape index (κ2) is 12.6. The molecule has 0 amide bonds. The highest BCUT2D eigenvalue weighted by Crippen LogP contribution is 2.24. The van der Waals surface area contributed by atoms with Crippen molar-refractivity contribution in [1.82, 2.24) is 0 Å². The molecule has 1 aliphatic carbocycles. The van der Waals surface area contributed by atoms with Gasteiger partial charge < -0.3 is 19.7 Å². The minimum atomic E-state index is 0.292. The van der Waals surface area contributed by atoms with Crippen molar-refractivity contribution in [1.29, 1.82) is 0 Å². The van der Waals surface area contributed by atoms with Crippen LogP contribution in [0.25, 0.3) is 0 Å². The van der Waals surface area contributed by atoms with Crippen LogP contribution in [0.5, 0.6) is 0 Å². The first kappa shape index (κ1) is 17.9. The molecule has 0 heterocycles. The molecular weight excluding hydrogens is 256 g/mol. The Morgan fingerprint density at radius 1 is 0.600 bits per heavy atom. The molecule has 120 valence electrons. The fourth-order valence-corrected chi connectivity index (χ4v) is 2.65. The topological polar surface area (TPSA) is 58.9 Å². The van der Waals surface area contributed by atoms with Crippen molar-refractivity contribution in [2.75, 3.05) is 26.4 Å². The fraction of sp³-hybridized carbons (Fsp3) is 1.00. The van der Waals surface area contributed by atoms with E-state index in [1.165, 1.54) is 0 Å². The lowest BCUT2D eigenvalue weighted by molar-refractivity contribution is -0.0328. The average Bonchev–Trinajstić information content (AvgIpc) is 2.48. The van der Waals surface area contributed by atoms with E-state index in [0.717, 1.165) is 77.4 Å². The molecule has 1 fully saturated rings. The number of ether oxygens (including phenoxy) is 2. The van der Waals surface area contributed by atoms with Crippen LogP contribution in [0.3, 0.4) is 0 Å². The molecule has 0 aromatic carbocycles. The highest BCUT2D eigenvalue weighted by Gasteiger charge is 2.21. The van der Waals surface area contributed by atoms with E-state index in [9.17, 15) is 0 Å². The highest BCUT2D eigenvalue weighted by atomic mass is 16.5. The third-order valence-electron chi connectivity index (χ3n) is 3.93. The van der Waals surface area contributed by atoms with Gasteiger partial charge in [0.05, 0.1) is 12.2 Å². The van der Waals surface area contributed by atoms with Crippen LogP contribution < -0.4 is 0 Å². The Kier molecular flexibility index (Phi) is 11.2. The van der Waals surface area contributed by atoms with Gasteiger partial charge in [0, 0.05) is 26.4 Å². The van der Waals surface area contributed by atoms with Gasteiger partial charge in [-0.15, -0.1) is 0 Å². The number of aliphatic hydroxyl groups excluding tert-OH is 2. The number of rotatable bonds is 12. The molecular formula is C16H32O4. The molecule has 0 atom stereocenters. The molecule has 1 saturated carbocycles. The molecule has 0 radical (unpaired) electrons. The van der Waals surface area contributed by atoms with E-state index in [0.29, 0.717) is 25.4 Å². The summed E-state index contributed by atoms with van der Waals surface area (Å²) < 4.78 is 11.7. The minimum absolute atomic E-state index is 0.292. The van der Waals surface area contributed by atoms with Gasteiger partial charge in [-0.05, 0) is 64.2 Å². The predicted molar refractivity (Wildman–Crippen MR) is 79.8 cm³/mol. The molecule has 0 unspecified atom stereocenters. The Morgan fingerprint density at radius 2 is 1.00 bits per heavy atom. The van der Waals surface area contributed by atoms with Crippen LogP contribution in [0, 0.1) is 0 Å².